The highest BCUT2D eigenvalue weighted by molar-refractivity contribution is 7.14. The van der Waals surface area contributed by atoms with Crippen molar-refractivity contribution in [3.05, 3.63) is 65.4 Å². The van der Waals surface area contributed by atoms with E-state index >= 15 is 0 Å². The van der Waals surface area contributed by atoms with Gasteiger partial charge in [-0.15, -0.1) is 11.3 Å². The van der Waals surface area contributed by atoms with Gasteiger partial charge in [-0.1, -0.05) is 12.1 Å². The fourth-order valence-electron chi connectivity index (χ4n) is 2.53. The highest BCUT2D eigenvalue weighted by Crippen LogP contribution is 2.28. The van der Waals surface area contributed by atoms with E-state index < -0.39 is 0 Å². The van der Waals surface area contributed by atoms with E-state index in [0.717, 1.165) is 11.3 Å². The molecule has 0 atom stereocenters. The first-order valence-corrected chi connectivity index (χ1v) is 9.71. The number of likely N-dealkylation sites (N-methyl/N-ethyl adjacent to an activating group) is 1. The van der Waals surface area contributed by atoms with Gasteiger partial charge in [0, 0.05) is 31.4 Å². The monoisotopic (exact) mass is 411 g/mol. The number of methoxy groups -OCH3 is 1. The number of aromatic nitrogens is 2. The molecule has 2 amide bonds. The van der Waals surface area contributed by atoms with Crippen LogP contribution in [0.4, 0.5) is 10.8 Å². The minimum atomic E-state index is -0.326. The molecule has 0 bridgehead atoms. The number of hydrogen-bond donors (Lipinski definition) is 2. The van der Waals surface area contributed by atoms with Crippen LogP contribution in [0.1, 0.15) is 16.1 Å². The Morgan fingerprint density at radius 1 is 1.17 bits per heavy atom. The zero-order valence-corrected chi connectivity index (χ0v) is 16.9. The fraction of sp³-hybridized carbons (Fsp3) is 0.200. The molecule has 0 fully saturated rings. The van der Waals surface area contributed by atoms with Crippen molar-refractivity contribution >= 4 is 34.0 Å². The molecule has 0 radical (unpaired) electrons. The van der Waals surface area contributed by atoms with Gasteiger partial charge in [0.25, 0.3) is 5.91 Å². The van der Waals surface area contributed by atoms with Gasteiger partial charge in [0.15, 0.2) is 5.13 Å². The molecule has 0 aliphatic heterocycles. The van der Waals surface area contributed by atoms with Gasteiger partial charge in [0.05, 0.1) is 19.3 Å². The van der Waals surface area contributed by atoms with Crippen molar-refractivity contribution in [2.24, 2.45) is 0 Å². The number of rotatable bonds is 8. The highest BCUT2D eigenvalue weighted by atomic mass is 32.1. The van der Waals surface area contributed by atoms with Crippen LogP contribution in [0.5, 0.6) is 5.75 Å². The Morgan fingerprint density at radius 2 is 1.93 bits per heavy atom. The van der Waals surface area contributed by atoms with Crippen molar-refractivity contribution in [2.75, 3.05) is 26.0 Å². The molecular formula is C20H21N5O3S. The number of nitrogens with zero attached hydrogens (tertiary/aromatic N) is 3. The van der Waals surface area contributed by atoms with Crippen molar-refractivity contribution in [3.8, 4) is 5.75 Å². The first-order chi connectivity index (χ1) is 14.1. The summed E-state index contributed by atoms with van der Waals surface area (Å²) in [5.41, 5.74) is 1.97. The number of pyridine rings is 1. The molecule has 2 heterocycles. The largest absolute Gasteiger partial charge is 0.495 e. The Bertz CT molecular complexity index is 977. The summed E-state index contributed by atoms with van der Waals surface area (Å²) in [6.45, 7) is 0.323. The highest BCUT2D eigenvalue weighted by Gasteiger charge is 2.18. The van der Waals surface area contributed by atoms with Crippen LogP contribution in [0.15, 0.2) is 54.2 Å². The summed E-state index contributed by atoms with van der Waals surface area (Å²) < 4.78 is 5.30. The van der Waals surface area contributed by atoms with Crippen LogP contribution in [0.25, 0.3) is 0 Å². The maximum absolute atomic E-state index is 12.6. The van der Waals surface area contributed by atoms with Gasteiger partial charge in [0.2, 0.25) is 5.91 Å². The average Bonchev–Trinajstić information content (AvgIpc) is 3.21. The second kappa shape index (κ2) is 9.65. The number of anilines is 2. The number of carbonyl (C=O) groups is 2. The molecule has 1 aromatic carbocycles. The summed E-state index contributed by atoms with van der Waals surface area (Å²) in [7, 11) is 3.16. The van der Waals surface area contributed by atoms with E-state index in [1.807, 2.05) is 36.4 Å². The molecule has 29 heavy (non-hydrogen) atoms. The molecule has 0 aliphatic carbocycles. The van der Waals surface area contributed by atoms with Gasteiger partial charge in [-0.25, -0.2) is 4.98 Å². The van der Waals surface area contributed by atoms with Crippen molar-refractivity contribution in [3.63, 3.8) is 0 Å². The Hall–Kier alpha value is -3.46. The van der Waals surface area contributed by atoms with Crippen molar-refractivity contribution in [1.82, 2.24) is 20.2 Å². The molecule has 8 nitrogen and oxygen atoms in total. The number of amides is 2. The van der Waals surface area contributed by atoms with Gasteiger partial charge < -0.3 is 20.3 Å². The number of benzene rings is 1. The molecule has 150 valence electrons. The fourth-order valence-corrected chi connectivity index (χ4v) is 3.23. The lowest BCUT2D eigenvalue weighted by molar-refractivity contribution is -0.121. The molecule has 2 N–H and O–H groups in total. The van der Waals surface area contributed by atoms with Crippen molar-refractivity contribution < 1.29 is 14.3 Å². The lowest BCUT2D eigenvalue weighted by Gasteiger charge is -2.15. The topological polar surface area (TPSA) is 96.5 Å². The first-order valence-electron chi connectivity index (χ1n) is 8.83. The normalized spacial score (nSPS) is 10.3. The predicted octanol–water partition coefficient (Wildman–Crippen LogP) is 2.68. The standard InChI is InChI=1S/C20H21N5O3S/c1-25(12-18(26)22-11-14-7-9-21-10-8-14)19(27)16-13-29-20(24-16)23-15-5-3-4-6-17(15)28-2/h3-10,13H,11-12H2,1-2H3,(H,22,26)(H,23,24). The molecule has 0 unspecified atom stereocenters. The summed E-state index contributed by atoms with van der Waals surface area (Å²) in [5, 5.41) is 8.15. The third-order valence-electron chi connectivity index (χ3n) is 4.04. The third kappa shape index (κ3) is 5.52. The molecule has 2 aromatic heterocycles. The maximum atomic E-state index is 12.6. The Morgan fingerprint density at radius 3 is 2.69 bits per heavy atom. The Kier molecular flexibility index (Phi) is 6.75. The number of ether oxygens (including phenoxy) is 1. The summed E-state index contributed by atoms with van der Waals surface area (Å²) in [6.07, 6.45) is 3.33. The molecule has 0 saturated carbocycles. The Balaban J connectivity index is 1.55. The SMILES string of the molecule is COc1ccccc1Nc1nc(C(=O)N(C)CC(=O)NCc2ccncc2)cs1. The van der Waals surface area contributed by atoms with Crippen molar-refractivity contribution in [2.45, 2.75) is 6.54 Å². The summed E-state index contributed by atoms with van der Waals surface area (Å²) in [5.74, 6) is 0.104. The van der Waals surface area contributed by atoms with Crippen LogP contribution in [0, 0.1) is 0 Å². The van der Waals surface area contributed by atoms with Crippen LogP contribution in [-0.4, -0.2) is 47.4 Å². The van der Waals surface area contributed by atoms with Crippen LogP contribution in [-0.2, 0) is 11.3 Å². The number of carbonyl (C=O) groups excluding carboxylic acids is 2. The number of thiazole rings is 1. The number of nitrogens with one attached hydrogen (secondary N) is 2. The van der Waals surface area contributed by atoms with E-state index in [0.29, 0.717) is 17.4 Å². The molecule has 0 spiro atoms. The second-order valence-electron chi connectivity index (χ2n) is 6.16. The molecule has 0 aliphatic rings. The first kappa shape index (κ1) is 20.3. The summed E-state index contributed by atoms with van der Waals surface area (Å²) in [4.78, 5) is 34.3. The lowest BCUT2D eigenvalue weighted by Crippen LogP contribution is -2.38. The number of hydrogen-bond acceptors (Lipinski definition) is 7. The van der Waals surface area contributed by atoms with E-state index in [1.54, 1.807) is 31.9 Å². The third-order valence-corrected chi connectivity index (χ3v) is 4.80. The molecule has 3 aromatic rings. The van der Waals surface area contributed by atoms with Crippen molar-refractivity contribution in [1.29, 1.82) is 0 Å². The van der Waals surface area contributed by atoms with E-state index in [9.17, 15) is 9.59 Å². The minimum Gasteiger partial charge on any atom is -0.495 e. The van der Waals surface area contributed by atoms with Crippen LogP contribution >= 0.6 is 11.3 Å². The Labute approximate surface area is 172 Å². The molecular weight excluding hydrogens is 390 g/mol. The molecule has 0 saturated heterocycles. The van der Waals surface area contributed by atoms with Gasteiger partial charge >= 0.3 is 0 Å². The van der Waals surface area contributed by atoms with Crippen LogP contribution in [0.3, 0.4) is 0 Å². The van der Waals surface area contributed by atoms with Gasteiger partial charge in [-0.05, 0) is 29.8 Å². The van der Waals surface area contributed by atoms with Gasteiger partial charge in [-0.2, -0.15) is 0 Å². The molecule has 9 heteroatoms. The van der Waals surface area contributed by atoms with E-state index in [4.69, 9.17) is 4.74 Å². The van der Waals surface area contributed by atoms with Crippen LogP contribution < -0.4 is 15.4 Å². The lowest BCUT2D eigenvalue weighted by atomic mass is 10.3. The minimum absolute atomic E-state index is 0.0588. The average molecular weight is 411 g/mol. The van der Waals surface area contributed by atoms with E-state index in [-0.39, 0.29) is 24.1 Å². The quantitative estimate of drug-likeness (QED) is 0.592. The van der Waals surface area contributed by atoms with Crippen LogP contribution in [0.2, 0.25) is 0 Å². The van der Waals surface area contributed by atoms with E-state index in [1.165, 1.54) is 16.2 Å². The second-order valence-corrected chi connectivity index (χ2v) is 7.01. The molecule has 3 rings (SSSR count). The summed E-state index contributed by atoms with van der Waals surface area (Å²) >= 11 is 1.30. The van der Waals surface area contributed by atoms with E-state index in [2.05, 4.69) is 20.6 Å². The number of para-hydroxylation sites is 2. The van der Waals surface area contributed by atoms with Gasteiger partial charge in [0.1, 0.15) is 11.4 Å². The smallest absolute Gasteiger partial charge is 0.273 e. The zero-order valence-electron chi connectivity index (χ0n) is 16.1. The predicted molar refractivity (Wildman–Crippen MR) is 111 cm³/mol. The maximum Gasteiger partial charge on any atom is 0.273 e. The van der Waals surface area contributed by atoms with Gasteiger partial charge in [-0.3, -0.25) is 14.6 Å². The zero-order chi connectivity index (χ0) is 20.6. The summed E-state index contributed by atoms with van der Waals surface area (Å²) in [6, 6.07) is 11.1.